The van der Waals surface area contributed by atoms with Gasteiger partial charge in [-0.1, -0.05) is 0 Å². The molecule has 0 aromatic carbocycles. The largest absolute Gasteiger partial charge is 0.790 e. The molecule has 0 atom stereocenters. The van der Waals surface area contributed by atoms with Gasteiger partial charge in [0, 0.05) is 0 Å². The van der Waals surface area contributed by atoms with E-state index in [2.05, 4.69) is 0 Å². The molecule has 0 amide bonds. The summed E-state index contributed by atoms with van der Waals surface area (Å²) in [6, 6.07) is 0. The molecule has 0 aromatic rings. The van der Waals surface area contributed by atoms with Crippen molar-refractivity contribution in [3.05, 3.63) is 0 Å². The molecule has 0 aliphatic heterocycles. The molecule has 0 fully saturated rings. The van der Waals surface area contributed by atoms with Crippen molar-refractivity contribution in [1.82, 2.24) is 12.3 Å². The Morgan fingerprint density at radius 2 is 0.824 bits per heavy atom. The Hall–Kier alpha value is 0.01000. The number of phosphoric acid groups is 2. The van der Waals surface area contributed by atoms with Crippen molar-refractivity contribution < 1.29 is 56.0 Å². The second kappa shape index (κ2) is 11.1. The zero-order chi connectivity index (χ0) is 13.5. The smallest absolute Gasteiger partial charge is 0.466 e. The molecule has 0 saturated heterocycles. The van der Waals surface area contributed by atoms with Gasteiger partial charge < -0.3 is 46.2 Å². The normalized spacial score (nSPS) is 10.4. The van der Waals surface area contributed by atoms with Gasteiger partial charge in [0.25, 0.3) is 0 Å². The molecular formula is H14N2O12P2S. The molecule has 0 aromatic heterocycles. The van der Waals surface area contributed by atoms with Crippen LogP contribution in [0.5, 0.6) is 0 Å². The van der Waals surface area contributed by atoms with Crippen molar-refractivity contribution in [2.45, 2.75) is 0 Å². The van der Waals surface area contributed by atoms with Crippen LogP contribution in [0.25, 0.3) is 0 Å². The van der Waals surface area contributed by atoms with E-state index in [4.69, 9.17) is 56.0 Å². The monoisotopic (exact) mass is 328 g/mol. The van der Waals surface area contributed by atoms with Crippen molar-refractivity contribution in [3.63, 3.8) is 0 Å². The summed E-state index contributed by atoms with van der Waals surface area (Å²) in [5, 5.41) is 0. The molecule has 0 radical (unpaired) electrons. The molecule has 0 aliphatic rings. The molecule has 14 nitrogen and oxygen atoms in total. The minimum Gasteiger partial charge on any atom is -0.790 e. The van der Waals surface area contributed by atoms with E-state index >= 15 is 0 Å². The van der Waals surface area contributed by atoms with Gasteiger partial charge in [0.15, 0.2) is 0 Å². The predicted octanol–water partition coefficient (Wildman–Crippen LogP) is -3.02. The van der Waals surface area contributed by atoms with Crippen molar-refractivity contribution in [2.24, 2.45) is 0 Å². The van der Waals surface area contributed by atoms with Crippen LogP contribution < -0.4 is 22.1 Å². The zero-order valence-electron chi connectivity index (χ0n) is 8.44. The van der Waals surface area contributed by atoms with Gasteiger partial charge >= 0.3 is 18.2 Å². The lowest BCUT2D eigenvalue weighted by atomic mass is 14.0. The highest BCUT2D eigenvalue weighted by atomic mass is 32.3. The van der Waals surface area contributed by atoms with Crippen LogP contribution in [-0.2, 0) is 19.5 Å². The van der Waals surface area contributed by atoms with E-state index in [1.165, 1.54) is 0 Å². The lowest BCUT2D eigenvalue weighted by Gasteiger charge is -2.19. The van der Waals surface area contributed by atoms with E-state index in [9.17, 15) is 0 Å². The fraction of sp³-hybridized carbons (Fsp3) is 0. The Morgan fingerprint density at radius 1 is 0.824 bits per heavy atom. The maximum absolute atomic E-state index is 8.88. The van der Waals surface area contributed by atoms with E-state index in [-0.39, 0.29) is 12.3 Å². The predicted molar refractivity (Wildman–Crippen MR) is 50.2 cm³/mol. The molecular weight excluding hydrogens is 314 g/mol. The SMILES string of the molecule is O=P(O)(O)O.O=P([O-])([O-])O.O=S(=O)(O)O.[NH4+].[NH4+]. The summed E-state index contributed by atoms with van der Waals surface area (Å²) in [5.74, 6) is 0. The molecule has 0 unspecified atom stereocenters. The number of hydrogen-bond acceptors (Lipinski definition) is 6. The lowest BCUT2D eigenvalue weighted by Crippen LogP contribution is -2.11. The first-order chi connectivity index (χ1) is 6.00. The number of quaternary nitrogens is 2. The number of hydrogen-bond donors (Lipinski definition) is 8. The maximum Gasteiger partial charge on any atom is 0.466 e. The van der Waals surface area contributed by atoms with Crippen LogP contribution in [0.4, 0.5) is 0 Å². The van der Waals surface area contributed by atoms with Gasteiger partial charge in [0.2, 0.25) is 0 Å². The Kier molecular flexibility index (Phi) is 19.8. The molecule has 0 heterocycles. The van der Waals surface area contributed by atoms with Gasteiger partial charge in [-0.15, -0.1) is 0 Å². The van der Waals surface area contributed by atoms with Crippen LogP contribution in [0.2, 0.25) is 0 Å². The fourth-order valence-electron chi connectivity index (χ4n) is 0. The minimum atomic E-state index is -5.14. The van der Waals surface area contributed by atoms with E-state index in [1.807, 2.05) is 0 Å². The molecule has 112 valence electrons. The van der Waals surface area contributed by atoms with Crippen LogP contribution in [-0.4, -0.2) is 37.1 Å². The minimum absolute atomic E-state index is 0. The Morgan fingerprint density at radius 3 is 0.824 bits per heavy atom. The third-order valence-electron chi connectivity index (χ3n) is 0. The van der Waals surface area contributed by atoms with Gasteiger partial charge in [-0.05, 0) is 0 Å². The highest BCUT2D eigenvalue weighted by Crippen LogP contribution is 2.25. The summed E-state index contributed by atoms with van der Waals surface area (Å²) in [6.07, 6.45) is 0. The van der Waals surface area contributed by atoms with E-state index in [0.29, 0.717) is 0 Å². The lowest BCUT2D eigenvalue weighted by molar-refractivity contribution is -0.337. The summed E-state index contributed by atoms with van der Waals surface area (Å²) in [6.45, 7) is 0. The average molecular weight is 328 g/mol. The highest BCUT2D eigenvalue weighted by Gasteiger charge is 2.00. The van der Waals surface area contributed by atoms with Gasteiger partial charge in [0.1, 0.15) is 0 Å². The molecule has 17 heavy (non-hydrogen) atoms. The van der Waals surface area contributed by atoms with Crippen molar-refractivity contribution in [2.75, 3.05) is 0 Å². The average Bonchev–Trinajstić information content (AvgIpc) is 1.41. The van der Waals surface area contributed by atoms with Crippen LogP contribution in [0.15, 0.2) is 0 Å². The molecule has 0 aliphatic carbocycles. The Bertz CT molecular complexity index is 287. The quantitative estimate of drug-likeness (QED) is 0.162. The standard InChI is InChI=1S/2H3N.2H3O4P.H2O4S/c;;3*1-5(2,3)4/h2*1H3;2*(H3,1,2,3,4);(H2,1,2,3,4). The summed E-state index contributed by atoms with van der Waals surface area (Å²) in [4.78, 5) is 45.8. The third-order valence-corrected chi connectivity index (χ3v) is 0. The highest BCUT2D eigenvalue weighted by molar-refractivity contribution is 7.79. The van der Waals surface area contributed by atoms with Gasteiger partial charge in [0.05, 0.1) is 7.82 Å². The first kappa shape index (κ1) is 30.2. The van der Waals surface area contributed by atoms with Crippen LogP contribution >= 0.6 is 15.6 Å². The summed E-state index contributed by atoms with van der Waals surface area (Å²) in [5.41, 5.74) is 0. The fourth-order valence-corrected chi connectivity index (χ4v) is 0. The van der Waals surface area contributed by atoms with Crippen LogP contribution in [0.1, 0.15) is 0 Å². The second-order valence-electron chi connectivity index (χ2n) is 1.43. The van der Waals surface area contributed by atoms with Crippen molar-refractivity contribution in [3.8, 4) is 0 Å². The number of rotatable bonds is 0. The second-order valence-corrected chi connectivity index (χ2v) is 4.29. The third kappa shape index (κ3) is 31400000. The van der Waals surface area contributed by atoms with E-state index < -0.39 is 26.0 Å². The van der Waals surface area contributed by atoms with Gasteiger partial charge in [-0.25, -0.2) is 4.57 Å². The first-order valence-corrected chi connectivity index (χ1v) is 6.69. The maximum atomic E-state index is 8.88. The summed E-state index contributed by atoms with van der Waals surface area (Å²) < 4.78 is 49.1. The Labute approximate surface area is 95.2 Å². The van der Waals surface area contributed by atoms with E-state index in [0.717, 1.165) is 0 Å². The molecule has 0 rings (SSSR count). The molecule has 0 spiro atoms. The van der Waals surface area contributed by atoms with E-state index in [1.54, 1.807) is 0 Å². The van der Waals surface area contributed by atoms with Gasteiger partial charge in [-0.2, -0.15) is 8.42 Å². The topological polar surface area (TPSA) is 309 Å². The molecule has 0 bridgehead atoms. The van der Waals surface area contributed by atoms with Crippen LogP contribution in [0.3, 0.4) is 0 Å². The van der Waals surface area contributed by atoms with Crippen molar-refractivity contribution >= 4 is 26.0 Å². The zero-order valence-corrected chi connectivity index (χ0v) is 11.0. The summed E-state index contributed by atoms with van der Waals surface area (Å²) >= 11 is 0. The molecule has 14 N–H and O–H groups in total. The Balaban J connectivity index is -0.0000000400. The van der Waals surface area contributed by atoms with Gasteiger partial charge in [-0.3, -0.25) is 9.11 Å². The summed E-state index contributed by atoms with van der Waals surface area (Å²) in [7, 11) is -14.4. The van der Waals surface area contributed by atoms with Crippen molar-refractivity contribution in [1.29, 1.82) is 0 Å². The van der Waals surface area contributed by atoms with Crippen LogP contribution in [0, 0.1) is 0 Å². The molecule has 17 heteroatoms. The first-order valence-electron chi connectivity index (χ1n) is 2.23. The molecule has 0 saturated carbocycles.